The quantitative estimate of drug-likeness (QED) is 0.923. The summed E-state index contributed by atoms with van der Waals surface area (Å²) in [6.07, 6.45) is 1.52. The fourth-order valence-electron chi connectivity index (χ4n) is 2.11. The molecule has 0 radical (unpaired) electrons. The zero-order valence-corrected chi connectivity index (χ0v) is 13.2. The first-order valence-corrected chi connectivity index (χ1v) is 7.24. The summed E-state index contributed by atoms with van der Waals surface area (Å²) in [5.41, 5.74) is 2.47. The van der Waals surface area contributed by atoms with Gasteiger partial charge in [-0.25, -0.2) is 0 Å². The highest BCUT2D eigenvalue weighted by molar-refractivity contribution is 6.30. The first-order chi connectivity index (χ1) is 9.95. The van der Waals surface area contributed by atoms with Crippen LogP contribution in [0.4, 0.5) is 0 Å². The molecule has 0 saturated heterocycles. The largest absolute Gasteiger partial charge is 0.350 e. The number of nitrogens with one attached hydrogen (secondary N) is 1. The van der Waals surface area contributed by atoms with Gasteiger partial charge >= 0.3 is 0 Å². The van der Waals surface area contributed by atoms with Gasteiger partial charge in [-0.2, -0.15) is 5.10 Å². The second-order valence-corrected chi connectivity index (χ2v) is 5.72. The Morgan fingerprint density at radius 2 is 2.19 bits per heavy atom. The van der Waals surface area contributed by atoms with E-state index in [4.69, 9.17) is 11.6 Å². The van der Waals surface area contributed by atoms with Crippen LogP contribution >= 0.6 is 11.6 Å². The fraction of sp³-hybridized carbons (Fsp3) is 0.400. The second-order valence-electron chi connectivity index (χ2n) is 5.28. The van der Waals surface area contributed by atoms with E-state index >= 15 is 0 Å². The van der Waals surface area contributed by atoms with E-state index in [2.05, 4.69) is 22.3 Å². The summed E-state index contributed by atoms with van der Waals surface area (Å²) in [6.45, 7) is 7.40. The van der Waals surface area contributed by atoms with Crippen molar-refractivity contribution >= 4 is 17.5 Å². The van der Waals surface area contributed by atoms with E-state index in [1.165, 1.54) is 6.20 Å². The normalized spacial score (nSPS) is 12.2. The molecule has 1 atom stereocenters. The van der Waals surface area contributed by atoms with Crippen LogP contribution in [0.15, 0.2) is 24.4 Å². The van der Waals surface area contributed by atoms with Crippen LogP contribution in [0.5, 0.6) is 0 Å². The number of hydrogen-bond donors (Lipinski definition) is 1. The van der Waals surface area contributed by atoms with Crippen LogP contribution in [0.2, 0.25) is 5.02 Å². The molecule has 0 aliphatic carbocycles. The number of nitrogens with zero attached hydrogens (tertiary/aromatic N) is 3. The molecule has 0 aliphatic rings. The van der Waals surface area contributed by atoms with E-state index in [0.717, 1.165) is 17.9 Å². The summed E-state index contributed by atoms with van der Waals surface area (Å²) in [6, 6.07) is 5.24. The van der Waals surface area contributed by atoms with Crippen molar-refractivity contribution in [1.82, 2.24) is 20.1 Å². The molecular formula is C15H19ClN4O. The van der Waals surface area contributed by atoms with Crippen LogP contribution < -0.4 is 5.32 Å². The topological polar surface area (TPSA) is 59.8 Å². The van der Waals surface area contributed by atoms with Crippen molar-refractivity contribution in [2.45, 2.75) is 27.3 Å². The maximum absolute atomic E-state index is 12.0. The Morgan fingerprint density at radius 1 is 1.43 bits per heavy atom. The Morgan fingerprint density at radius 3 is 2.81 bits per heavy atom. The molecule has 1 N–H and O–H groups in total. The second kappa shape index (κ2) is 6.72. The van der Waals surface area contributed by atoms with Crippen molar-refractivity contribution in [2.24, 2.45) is 5.92 Å². The van der Waals surface area contributed by atoms with Crippen LogP contribution in [0.3, 0.4) is 0 Å². The molecule has 0 spiro atoms. The minimum atomic E-state index is -0.210. The van der Waals surface area contributed by atoms with Crippen LogP contribution in [0.25, 0.3) is 0 Å². The van der Waals surface area contributed by atoms with Gasteiger partial charge in [0.25, 0.3) is 5.91 Å². The van der Waals surface area contributed by atoms with Crippen molar-refractivity contribution in [1.29, 1.82) is 0 Å². The van der Waals surface area contributed by atoms with Gasteiger partial charge in [0.15, 0.2) is 0 Å². The first-order valence-electron chi connectivity index (χ1n) is 6.86. The highest BCUT2D eigenvalue weighted by Gasteiger charge is 2.11. The zero-order chi connectivity index (χ0) is 15.4. The molecule has 1 amide bonds. The SMILES string of the molecule is Cc1cc(C)n(C[C@@H](C)CNC(=O)c2cc(Cl)ccn2)n1. The molecule has 2 heterocycles. The molecule has 0 unspecified atom stereocenters. The summed E-state index contributed by atoms with van der Waals surface area (Å²) in [5.74, 6) is 0.0591. The maximum Gasteiger partial charge on any atom is 0.269 e. The lowest BCUT2D eigenvalue weighted by molar-refractivity contribution is 0.0941. The van der Waals surface area contributed by atoms with Crippen molar-refractivity contribution < 1.29 is 4.79 Å². The molecule has 2 aromatic heterocycles. The third kappa shape index (κ3) is 4.29. The summed E-state index contributed by atoms with van der Waals surface area (Å²) < 4.78 is 1.96. The van der Waals surface area contributed by atoms with Gasteiger partial charge in [0.2, 0.25) is 0 Å². The summed E-state index contributed by atoms with van der Waals surface area (Å²) >= 11 is 5.85. The summed E-state index contributed by atoms with van der Waals surface area (Å²) in [4.78, 5) is 16.0. The highest BCUT2D eigenvalue weighted by atomic mass is 35.5. The Balaban J connectivity index is 1.88. The van der Waals surface area contributed by atoms with E-state index in [9.17, 15) is 4.79 Å². The molecule has 0 saturated carbocycles. The number of amides is 1. The summed E-state index contributed by atoms with van der Waals surface area (Å²) in [7, 11) is 0. The molecule has 2 rings (SSSR count). The van der Waals surface area contributed by atoms with Crippen molar-refractivity contribution in [3.63, 3.8) is 0 Å². The molecule has 2 aromatic rings. The molecule has 5 nitrogen and oxygen atoms in total. The van der Waals surface area contributed by atoms with Crippen LogP contribution in [0, 0.1) is 19.8 Å². The van der Waals surface area contributed by atoms with E-state index < -0.39 is 0 Å². The predicted molar refractivity (Wildman–Crippen MR) is 82.4 cm³/mol. The number of pyridine rings is 1. The standard InChI is InChI=1S/C15H19ClN4O/c1-10(9-20-12(3)6-11(2)19-20)8-18-15(21)14-7-13(16)4-5-17-14/h4-7,10H,8-9H2,1-3H3,(H,18,21)/t10-/m0/s1. The molecule has 6 heteroatoms. The Kier molecular flexibility index (Phi) is 4.96. The van der Waals surface area contributed by atoms with Gasteiger partial charge in [0.1, 0.15) is 5.69 Å². The van der Waals surface area contributed by atoms with Crippen LogP contribution in [-0.4, -0.2) is 27.2 Å². The molecule has 21 heavy (non-hydrogen) atoms. The van der Waals surface area contributed by atoms with E-state index in [-0.39, 0.29) is 11.8 Å². The Labute approximate surface area is 129 Å². The van der Waals surface area contributed by atoms with Crippen molar-refractivity contribution in [3.8, 4) is 0 Å². The number of carbonyl (C=O) groups excluding carboxylic acids is 1. The molecule has 112 valence electrons. The first kappa shape index (κ1) is 15.5. The predicted octanol–water partition coefficient (Wildman–Crippen LogP) is 2.61. The fourth-order valence-corrected chi connectivity index (χ4v) is 2.27. The van der Waals surface area contributed by atoms with Gasteiger partial charge in [-0.3, -0.25) is 14.5 Å². The lowest BCUT2D eigenvalue weighted by Gasteiger charge is -2.13. The molecule has 0 aromatic carbocycles. The third-order valence-electron chi connectivity index (χ3n) is 3.15. The number of aromatic nitrogens is 3. The molecule has 0 fully saturated rings. The Hall–Kier alpha value is -1.88. The zero-order valence-electron chi connectivity index (χ0n) is 12.4. The van der Waals surface area contributed by atoms with Gasteiger partial charge in [-0.1, -0.05) is 18.5 Å². The number of rotatable bonds is 5. The molecule has 0 aliphatic heterocycles. The number of hydrogen-bond acceptors (Lipinski definition) is 3. The van der Waals surface area contributed by atoms with Gasteiger partial charge < -0.3 is 5.32 Å². The van der Waals surface area contributed by atoms with Crippen molar-refractivity contribution in [2.75, 3.05) is 6.54 Å². The molecular weight excluding hydrogens is 288 g/mol. The lowest BCUT2D eigenvalue weighted by atomic mass is 10.2. The van der Waals surface area contributed by atoms with E-state index in [1.807, 2.05) is 24.6 Å². The number of carbonyl (C=O) groups is 1. The number of halogens is 1. The monoisotopic (exact) mass is 306 g/mol. The van der Waals surface area contributed by atoms with Gasteiger partial charge in [0.05, 0.1) is 5.69 Å². The highest BCUT2D eigenvalue weighted by Crippen LogP contribution is 2.09. The average molecular weight is 307 g/mol. The van der Waals surface area contributed by atoms with Gasteiger partial charge in [0, 0.05) is 30.0 Å². The van der Waals surface area contributed by atoms with Crippen LogP contribution in [0.1, 0.15) is 28.8 Å². The van der Waals surface area contributed by atoms with Gasteiger partial charge in [-0.05, 0) is 38.0 Å². The van der Waals surface area contributed by atoms with E-state index in [0.29, 0.717) is 17.3 Å². The maximum atomic E-state index is 12.0. The van der Waals surface area contributed by atoms with E-state index in [1.54, 1.807) is 12.1 Å². The number of aryl methyl sites for hydroxylation is 2. The third-order valence-corrected chi connectivity index (χ3v) is 3.39. The minimum Gasteiger partial charge on any atom is -0.350 e. The van der Waals surface area contributed by atoms with Gasteiger partial charge in [-0.15, -0.1) is 0 Å². The smallest absolute Gasteiger partial charge is 0.269 e. The average Bonchev–Trinajstić information content (AvgIpc) is 2.74. The summed E-state index contributed by atoms with van der Waals surface area (Å²) in [5, 5.41) is 7.80. The Bertz CT molecular complexity index is 638. The lowest BCUT2D eigenvalue weighted by Crippen LogP contribution is -2.30. The van der Waals surface area contributed by atoms with Crippen molar-refractivity contribution in [3.05, 3.63) is 46.5 Å². The van der Waals surface area contributed by atoms with Crippen LogP contribution in [-0.2, 0) is 6.54 Å². The minimum absolute atomic E-state index is 0.210. The molecule has 0 bridgehead atoms.